The van der Waals surface area contributed by atoms with E-state index in [4.69, 9.17) is 0 Å². The SMILES string of the molecule is CNCc1ccc(F)cc1S(=O)(=O)Nc1ccncc1. The zero-order valence-corrected chi connectivity index (χ0v) is 11.6. The van der Waals surface area contributed by atoms with E-state index in [9.17, 15) is 12.8 Å². The number of aromatic nitrogens is 1. The molecule has 1 aromatic carbocycles. The fraction of sp³-hybridized carbons (Fsp3) is 0.154. The molecule has 0 bridgehead atoms. The van der Waals surface area contributed by atoms with Crippen LogP contribution in [-0.4, -0.2) is 20.4 Å². The van der Waals surface area contributed by atoms with Crippen LogP contribution in [0, 0.1) is 5.82 Å². The van der Waals surface area contributed by atoms with Gasteiger partial charge in [-0.15, -0.1) is 0 Å². The molecule has 0 atom stereocenters. The van der Waals surface area contributed by atoms with Crippen molar-refractivity contribution in [3.05, 3.63) is 54.1 Å². The average Bonchev–Trinajstić information content (AvgIpc) is 2.41. The molecule has 0 fully saturated rings. The Labute approximate surface area is 116 Å². The number of pyridine rings is 1. The van der Waals surface area contributed by atoms with Crippen molar-refractivity contribution in [3.8, 4) is 0 Å². The van der Waals surface area contributed by atoms with E-state index in [2.05, 4.69) is 15.0 Å². The number of nitrogens with one attached hydrogen (secondary N) is 2. The quantitative estimate of drug-likeness (QED) is 0.881. The molecule has 2 rings (SSSR count). The van der Waals surface area contributed by atoms with Crippen molar-refractivity contribution >= 4 is 15.7 Å². The maximum atomic E-state index is 13.3. The van der Waals surface area contributed by atoms with Crippen molar-refractivity contribution in [2.75, 3.05) is 11.8 Å². The van der Waals surface area contributed by atoms with Crippen LogP contribution in [0.15, 0.2) is 47.6 Å². The Hall–Kier alpha value is -1.99. The molecule has 7 heteroatoms. The minimum absolute atomic E-state index is 0.0799. The highest BCUT2D eigenvalue weighted by Gasteiger charge is 2.19. The first-order valence-electron chi connectivity index (χ1n) is 5.89. The zero-order valence-electron chi connectivity index (χ0n) is 10.8. The van der Waals surface area contributed by atoms with Crippen LogP contribution in [0.25, 0.3) is 0 Å². The summed E-state index contributed by atoms with van der Waals surface area (Å²) in [7, 11) is -2.16. The van der Waals surface area contributed by atoms with E-state index < -0.39 is 15.8 Å². The van der Waals surface area contributed by atoms with E-state index in [0.29, 0.717) is 17.8 Å². The summed E-state index contributed by atoms with van der Waals surface area (Å²) in [5.41, 5.74) is 0.870. The Balaban J connectivity index is 2.41. The predicted molar refractivity (Wildman–Crippen MR) is 74.2 cm³/mol. The number of nitrogens with zero attached hydrogens (tertiary/aromatic N) is 1. The molecule has 1 aromatic heterocycles. The maximum Gasteiger partial charge on any atom is 0.262 e. The molecule has 2 aromatic rings. The Morgan fingerprint density at radius 3 is 2.55 bits per heavy atom. The molecule has 1 heterocycles. The summed E-state index contributed by atoms with van der Waals surface area (Å²) in [6.45, 7) is 0.326. The molecule has 5 nitrogen and oxygen atoms in total. The van der Waals surface area contributed by atoms with Gasteiger partial charge in [0.2, 0.25) is 0 Å². The number of sulfonamides is 1. The van der Waals surface area contributed by atoms with Crippen LogP contribution >= 0.6 is 0 Å². The second-order valence-electron chi connectivity index (χ2n) is 4.12. The van der Waals surface area contributed by atoms with Gasteiger partial charge in [0.15, 0.2) is 0 Å². The summed E-state index contributed by atoms with van der Waals surface area (Å²) in [6, 6.07) is 6.74. The second-order valence-corrected chi connectivity index (χ2v) is 5.77. The molecule has 0 spiro atoms. The van der Waals surface area contributed by atoms with Gasteiger partial charge in [-0.1, -0.05) is 6.07 Å². The number of rotatable bonds is 5. The van der Waals surface area contributed by atoms with Crippen LogP contribution in [0.2, 0.25) is 0 Å². The van der Waals surface area contributed by atoms with Crippen LogP contribution in [0.4, 0.5) is 10.1 Å². The van der Waals surface area contributed by atoms with Crippen LogP contribution < -0.4 is 10.0 Å². The third kappa shape index (κ3) is 3.31. The van der Waals surface area contributed by atoms with Gasteiger partial charge >= 0.3 is 0 Å². The first-order valence-corrected chi connectivity index (χ1v) is 7.37. The highest BCUT2D eigenvalue weighted by atomic mass is 32.2. The first-order chi connectivity index (χ1) is 9.53. The third-order valence-corrected chi connectivity index (χ3v) is 4.08. The van der Waals surface area contributed by atoms with Gasteiger partial charge in [0.05, 0.1) is 10.6 Å². The Kier molecular flexibility index (Phi) is 4.31. The molecule has 20 heavy (non-hydrogen) atoms. The van der Waals surface area contributed by atoms with Crippen LogP contribution in [0.1, 0.15) is 5.56 Å². The van der Waals surface area contributed by atoms with Crippen molar-refractivity contribution in [2.24, 2.45) is 0 Å². The van der Waals surface area contributed by atoms with E-state index in [1.807, 2.05) is 0 Å². The van der Waals surface area contributed by atoms with Gasteiger partial charge in [-0.25, -0.2) is 12.8 Å². The van der Waals surface area contributed by atoms with E-state index in [1.54, 1.807) is 7.05 Å². The number of halogens is 1. The normalized spacial score (nSPS) is 11.3. The van der Waals surface area contributed by atoms with E-state index >= 15 is 0 Å². The van der Waals surface area contributed by atoms with Crippen molar-refractivity contribution in [2.45, 2.75) is 11.4 Å². The molecule has 106 valence electrons. The lowest BCUT2D eigenvalue weighted by atomic mass is 10.2. The Morgan fingerprint density at radius 2 is 1.90 bits per heavy atom. The summed E-state index contributed by atoms with van der Waals surface area (Å²) < 4.78 is 40.4. The standard InChI is InChI=1S/C13H14FN3O2S/c1-15-9-10-2-3-11(14)8-13(10)20(18,19)17-12-4-6-16-7-5-12/h2-8,15H,9H2,1H3,(H,16,17). The summed E-state index contributed by atoms with van der Waals surface area (Å²) in [4.78, 5) is 3.72. The van der Waals surface area contributed by atoms with Gasteiger partial charge in [-0.3, -0.25) is 9.71 Å². The van der Waals surface area contributed by atoms with Crippen molar-refractivity contribution in [1.29, 1.82) is 0 Å². The van der Waals surface area contributed by atoms with Gasteiger partial charge in [0.1, 0.15) is 5.82 Å². The molecule has 0 radical (unpaired) electrons. The lowest BCUT2D eigenvalue weighted by molar-refractivity contribution is 0.592. The van der Waals surface area contributed by atoms with Crippen LogP contribution in [0.5, 0.6) is 0 Å². The second kappa shape index (κ2) is 5.98. The van der Waals surface area contributed by atoms with E-state index in [-0.39, 0.29) is 4.90 Å². The first kappa shape index (κ1) is 14.4. The van der Waals surface area contributed by atoms with Crippen LogP contribution in [0.3, 0.4) is 0 Å². The van der Waals surface area contributed by atoms with Gasteiger partial charge in [-0.2, -0.15) is 0 Å². The minimum atomic E-state index is -3.85. The van der Waals surface area contributed by atoms with Crippen molar-refractivity contribution in [3.63, 3.8) is 0 Å². The summed E-state index contributed by atoms with van der Waals surface area (Å²) in [5, 5.41) is 2.86. The Morgan fingerprint density at radius 1 is 1.20 bits per heavy atom. The summed E-state index contributed by atoms with van der Waals surface area (Å²) in [6.07, 6.45) is 2.94. The molecule has 0 unspecified atom stereocenters. The van der Waals surface area contributed by atoms with Crippen LogP contribution in [-0.2, 0) is 16.6 Å². The average molecular weight is 295 g/mol. The van der Waals surface area contributed by atoms with E-state index in [1.165, 1.54) is 36.7 Å². The monoisotopic (exact) mass is 295 g/mol. The fourth-order valence-electron chi connectivity index (χ4n) is 1.75. The van der Waals surface area contributed by atoms with Gasteiger partial charge in [-0.05, 0) is 36.9 Å². The fourth-order valence-corrected chi connectivity index (χ4v) is 3.05. The molecule has 0 amide bonds. The summed E-state index contributed by atoms with van der Waals surface area (Å²) >= 11 is 0. The van der Waals surface area contributed by atoms with Crippen molar-refractivity contribution < 1.29 is 12.8 Å². The molecular weight excluding hydrogens is 281 g/mol. The van der Waals surface area contributed by atoms with Gasteiger partial charge < -0.3 is 5.32 Å². The highest BCUT2D eigenvalue weighted by Crippen LogP contribution is 2.20. The molecule has 0 aliphatic rings. The highest BCUT2D eigenvalue weighted by molar-refractivity contribution is 7.92. The smallest absolute Gasteiger partial charge is 0.262 e. The molecular formula is C13H14FN3O2S. The Bertz CT molecular complexity index is 690. The number of hydrogen-bond donors (Lipinski definition) is 2. The molecule has 2 N–H and O–H groups in total. The molecule has 0 saturated carbocycles. The van der Waals surface area contributed by atoms with Gasteiger partial charge in [0.25, 0.3) is 10.0 Å². The minimum Gasteiger partial charge on any atom is -0.316 e. The molecule has 0 aliphatic carbocycles. The van der Waals surface area contributed by atoms with Gasteiger partial charge in [0, 0.05) is 18.9 Å². The maximum absolute atomic E-state index is 13.3. The van der Waals surface area contributed by atoms with Crippen molar-refractivity contribution in [1.82, 2.24) is 10.3 Å². The predicted octanol–water partition coefficient (Wildman–Crippen LogP) is 1.74. The number of hydrogen-bond acceptors (Lipinski definition) is 4. The topological polar surface area (TPSA) is 71.1 Å². The zero-order chi connectivity index (χ0) is 14.6. The number of anilines is 1. The van der Waals surface area contributed by atoms with E-state index in [0.717, 1.165) is 6.07 Å². The summed E-state index contributed by atoms with van der Waals surface area (Å²) in [5.74, 6) is -0.597. The lowest BCUT2D eigenvalue weighted by Gasteiger charge is -2.12. The third-order valence-electron chi connectivity index (χ3n) is 2.62. The number of benzene rings is 1. The lowest BCUT2D eigenvalue weighted by Crippen LogP contribution is -2.17. The largest absolute Gasteiger partial charge is 0.316 e. The molecule has 0 aliphatic heterocycles. The molecule has 0 saturated heterocycles.